The molecule has 2 heterocycles. The second kappa shape index (κ2) is 10.7. The van der Waals surface area contributed by atoms with Crippen molar-refractivity contribution in [2.24, 2.45) is 4.99 Å². The van der Waals surface area contributed by atoms with Crippen LogP contribution in [0.25, 0.3) is 27.8 Å². The number of thioether (sulfide) groups is 1. The molecule has 1 aromatic heterocycles. The van der Waals surface area contributed by atoms with Crippen LogP contribution in [0.2, 0.25) is 0 Å². The van der Waals surface area contributed by atoms with Crippen molar-refractivity contribution in [3.05, 3.63) is 131 Å². The number of aliphatic hydroxyl groups excluding tert-OH is 1. The van der Waals surface area contributed by atoms with Crippen LogP contribution in [0.15, 0.2) is 124 Å². The number of fused-ring (bicyclic) bond motifs is 2. The molecule has 0 aliphatic carbocycles. The van der Waals surface area contributed by atoms with Crippen LogP contribution < -0.4 is 0 Å². The highest BCUT2D eigenvalue weighted by Crippen LogP contribution is 2.41. The summed E-state index contributed by atoms with van der Waals surface area (Å²) < 4.78 is 7.47. The van der Waals surface area contributed by atoms with Crippen molar-refractivity contribution in [1.82, 2.24) is 4.57 Å². The number of para-hydroxylation sites is 2. The lowest BCUT2D eigenvalue weighted by molar-refractivity contribution is -0.138. The summed E-state index contributed by atoms with van der Waals surface area (Å²) >= 11 is 1.27. The molecule has 0 unspecified atom stereocenters. The van der Waals surface area contributed by atoms with Crippen LogP contribution in [0.4, 0.5) is 5.69 Å². The Bertz CT molecular complexity index is 1800. The third-order valence-corrected chi connectivity index (χ3v) is 7.65. The van der Waals surface area contributed by atoms with Crippen molar-refractivity contribution >= 4 is 56.2 Å². The fourth-order valence-corrected chi connectivity index (χ4v) is 5.83. The number of carbonyl (C=O) groups excluding carboxylic acids is 1. The maximum atomic E-state index is 12.8. The zero-order valence-corrected chi connectivity index (χ0v) is 22.2. The molecule has 1 aliphatic rings. The summed E-state index contributed by atoms with van der Waals surface area (Å²) in [5.74, 6) is -0.696. The molecule has 0 amide bonds. The molecular formula is C33H26N2O3S. The molecule has 6 rings (SSSR count). The van der Waals surface area contributed by atoms with E-state index in [1.54, 1.807) is 6.92 Å². The molecule has 1 aliphatic heterocycles. The van der Waals surface area contributed by atoms with Crippen molar-refractivity contribution in [3.63, 3.8) is 0 Å². The SMILES string of the molecule is CCOC(=O)C1=C(O)/C(=C/c2cn(Cc3ccc4ccccc4c3)c3ccccc23)SC1=Nc1ccccc1. The van der Waals surface area contributed by atoms with E-state index in [9.17, 15) is 9.90 Å². The first kappa shape index (κ1) is 24.8. The summed E-state index contributed by atoms with van der Waals surface area (Å²) in [6, 6.07) is 32.5. The molecule has 39 heavy (non-hydrogen) atoms. The zero-order valence-electron chi connectivity index (χ0n) is 21.4. The Hall–Kier alpha value is -4.55. The van der Waals surface area contributed by atoms with Crippen molar-refractivity contribution in [2.75, 3.05) is 6.61 Å². The molecule has 0 saturated heterocycles. The van der Waals surface area contributed by atoms with Crippen molar-refractivity contribution < 1.29 is 14.6 Å². The summed E-state index contributed by atoms with van der Waals surface area (Å²) in [6.45, 7) is 2.66. The fraction of sp³-hybridized carbons (Fsp3) is 0.0909. The number of hydrogen-bond acceptors (Lipinski definition) is 5. The number of ether oxygens (including phenoxy) is 1. The molecule has 192 valence electrons. The predicted octanol–water partition coefficient (Wildman–Crippen LogP) is 8.04. The topological polar surface area (TPSA) is 63.8 Å². The molecule has 0 spiro atoms. The zero-order chi connectivity index (χ0) is 26.8. The number of rotatable bonds is 6. The van der Waals surface area contributed by atoms with E-state index in [4.69, 9.17) is 4.74 Å². The second-order valence-corrected chi connectivity index (χ2v) is 10.2. The predicted molar refractivity (Wildman–Crippen MR) is 160 cm³/mol. The first-order valence-corrected chi connectivity index (χ1v) is 13.6. The van der Waals surface area contributed by atoms with Crippen LogP contribution >= 0.6 is 11.8 Å². The highest BCUT2D eigenvalue weighted by molar-refractivity contribution is 8.18. The normalized spacial score (nSPS) is 15.6. The molecule has 1 N–H and O–H groups in total. The second-order valence-electron chi connectivity index (χ2n) is 9.22. The van der Waals surface area contributed by atoms with Crippen molar-refractivity contribution in [1.29, 1.82) is 0 Å². The minimum absolute atomic E-state index is 0.0943. The van der Waals surface area contributed by atoms with E-state index >= 15 is 0 Å². The van der Waals surface area contributed by atoms with Gasteiger partial charge in [-0.25, -0.2) is 9.79 Å². The van der Waals surface area contributed by atoms with Gasteiger partial charge in [-0.05, 0) is 53.6 Å². The van der Waals surface area contributed by atoms with Gasteiger partial charge in [0.15, 0.2) is 0 Å². The Morgan fingerprint density at radius 2 is 1.69 bits per heavy atom. The lowest BCUT2D eigenvalue weighted by Crippen LogP contribution is -2.12. The lowest BCUT2D eigenvalue weighted by Gasteiger charge is -2.07. The molecule has 0 atom stereocenters. The van der Waals surface area contributed by atoms with Gasteiger partial charge in [-0.1, -0.05) is 84.6 Å². The Morgan fingerprint density at radius 1 is 0.949 bits per heavy atom. The number of carbonyl (C=O) groups is 1. The van der Waals surface area contributed by atoms with Gasteiger partial charge in [0.2, 0.25) is 0 Å². The van der Waals surface area contributed by atoms with Crippen molar-refractivity contribution in [3.8, 4) is 0 Å². The number of aliphatic imine (C=N–C) groups is 1. The highest BCUT2D eigenvalue weighted by Gasteiger charge is 2.33. The molecule has 0 bridgehead atoms. The van der Waals surface area contributed by atoms with Gasteiger partial charge in [0.25, 0.3) is 0 Å². The number of nitrogens with zero attached hydrogens (tertiary/aromatic N) is 2. The van der Waals surface area contributed by atoms with E-state index in [0.29, 0.717) is 22.2 Å². The molecule has 6 heteroatoms. The summed E-state index contributed by atoms with van der Waals surface area (Å²) in [4.78, 5) is 18.0. The minimum Gasteiger partial charge on any atom is -0.506 e. The van der Waals surface area contributed by atoms with Gasteiger partial charge in [-0.15, -0.1) is 0 Å². The van der Waals surface area contributed by atoms with Gasteiger partial charge >= 0.3 is 5.97 Å². The van der Waals surface area contributed by atoms with Gasteiger partial charge in [0.1, 0.15) is 16.4 Å². The molecular weight excluding hydrogens is 504 g/mol. The third kappa shape index (κ3) is 4.99. The lowest BCUT2D eigenvalue weighted by atomic mass is 10.1. The van der Waals surface area contributed by atoms with E-state index in [2.05, 4.69) is 70.4 Å². The third-order valence-electron chi connectivity index (χ3n) is 6.63. The summed E-state index contributed by atoms with van der Waals surface area (Å²) in [7, 11) is 0. The van der Waals surface area contributed by atoms with E-state index < -0.39 is 5.97 Å². The van der Waals surface area contributed by atoms with Crippen LogP contribution in [0.5, 0.6) is 0 Å². The Labute approximate surface area is 230 Å². The van der Waals surface area contributed by atoms with Gasteiger partial charge in [-0.2, -0.15) is 0 Å². The van der Waals surface area contributed by atoms with E-state index in [1.165, 1.54) is 28.1 Å². The largest absolute Gasteiger partial charge is 0.506 e. The van der Waals surface area contributed by atoms with Crippen LogP contribution in [0, 0.1) is 0 Å². The standard InChI is InChI=1S/C33H26N2O3S/c1-2-38-33(37)30-31(36)29(39-32(30)34-26-12-4-3-5-13-26)19-25-21-35(28-15-9-8-14-27(25)28)20-22-16-17-23-10-6-7-11-24(23)18-22/h3-19,21,36H,2,20H2,1H3/b29-19-,34-32?. The smallest absolute Gasteiger partial charge is 0.344 e. The van der Waals surface area contributed by atoms with Crippen LogP contribution in [-0.4, -0.2) is 27.3 Å². The maximum absolute atomic E-state index is 12.8. The van der Waals surface area contributed by atoms with Gasteiger partial charge < -0.3 is 14.4 Å². The van der Waals surface area contributed by atoms with Crippen LogP contribution in [-0.2, 0) is 16.1 Å². The number of aromatic nitrogens is 1. The Morgan fingerprint density at radius 3 is 2.51 bits per heavy atom. The van der Waals surface area contributed by atoms with Crippen molar-refractivity contribution in [2.45, 2.75) is 13.5 Å². The van der Waals surface area contributed by atoms with Gasteiger partial charge in [0, 0.05) is 29.2 Å². The van der Waals surface area contributed by atoms with Gasteiger partial charge in [0.05, 0.1) is 17.2 Å². The summed E-state index contributed by atoms with van der Waals surface area (Å²) in [5, 5.41) is 15.1. The molecule has 5 nitrogen and oxygen atoms in total. The number of benzene rings is 4. The molecule has 5 aromatic rings. The maximum Gasteiger partial charge on any atom is 0.344 e. The molecule has 0 radical (unpaired) electrons. The number of esters is 1. The van der Waals surface area contributed by atoms with E-state index in [-0.39, 0.29) is 17.9 Å². The molecule has 4 aromatic carbocycles. The summed E-state index contributed by atoms with van der Waals surface area (Å²) in [5.41, 5.74) is 4.03. The summed E-state index contributed by atoms with van der Waals surface area (Å²) in [6.07, 6.45) is 4.02. The highest BCUT2D eigenvalue weighted by atomic mass is 32.2. The number of aliphatic hydroxyl groups is 1. The first-order valence-electron chi connectivity index (χ1n) is 12.8. The molecule has 0 fully saturated rings. The molecule has 0 saturated carbocycles. The monoisotopic (exact) mass is 530 g/mol. The number of hydrogen-bond donors (Lipinski definition) is 1. The average Bonchev–Trinajstić information content (AvgIpc) is 3.45. The average molecular weight is 531 g/mol. The van der Waals surface area contributed by atoms with E-state index in [1.807, 2.05) is 48.5 Å². The Balaban J connectivity index is 1.40. The Kier molecular flexibility index (Phi) is 6.78. The van der Waals surface area contributed by atoms with Crippen LogP contribution in [0.1, 0.15) is 18.1 Å². The van der Waals surface area contributed by atoms with E-state index in [0.717, 1.165) is 16.5 Å². The first-order chi connectivity index (χ1) is 19.1. The minimum atomic E-state index is -0.584. The van der Waals surface area contributed by atoms with Gasteiger partial charge in [-0.3, -0.25) is 0 Å². The van der Waals surface area contributed by atoms with Crippen LogP contribution in [0.3, 0.4) is 0 Å². The fourth-order valence-electron chi connectivity index (χ4n) is 4.81. The quantitative estimate of drug-likeness (QED) is 0.226.